The van der Waals surface area contributed by atoms with Crippen molar-refractivity contribution >= 4 is 17.6 Å². The second kappa shape index (κ2) is 5.43. The number of hydrogen-bond acceptors (Lipinski definition) is 3. The number of ketones is 1. The summed E-state index contributed by atoms with van der Waals surface area (Å²) in [5.41, 5.74) is 0.816. The molecule has 0 spiro atoms. The molecule has 1 heterocycles. The van der Waals surface area contributed by atoms with Crippen molar-refractivity contribution in [1.29, 1.82) is 0 Å². The normalized spacial score (nSPS) is 20.5. The molecule has 1 atom stereocenters. The minimum absolute atomic E-state index is 0.00179. The van der Waals surface area contributed by atoms with Crippen LogP contribution in [-0.2, 0) is 4.79 Å². The van der Waals surface area contributed by atoms with Crippen LogP contribution in [0.4, 0.5) is 0 Å². The Morgan fingerprint density at radius 3 is 2.10 bits per heavy atom. The third-order valence-electron chi connectivity index (χ3n) is 4.63. The first kappa shape index (κ1) is 14.0. The first-order chi connectivity index (χ1) is 10.1. The lowest BCUT2D eigenvalue weighted by molar-refractivity contribution is -0.127. The van der Waals surface area contributed by atoms with Gasteiger partial charge >= 0.3 is 0 Å². The molecule has 1 fully saturated rings. The number of amides is 2. The number of hydrogen-bond donors (Lipinski definition) is 0. The van der Waals surface area contributed by atoms with Crippen molar-refractivity contribution in [3.63, 3.8) is 0 Å². The van der Waals surface area contributed by atoms with Gasteiger partial charge in [-0.3, -0.25) is 19.3 Å². The first-order valence-corrected chi connectivity index (χ1v) is 7.62. The maximum absolute atomic E-state index is 12.6. The average molecular weight is 285 g/mol. The number of carbonyl (C=O) groups excluding carboxylic acids is 3. The van der Waals surface area contributed by atoms with Crippen LogP contribution in [0.3, 0.4) is 0 Å². The molecule has 21 heavy (non-hydrogen) atoms. The Morgan fingerprint density at radius 1 is 1.05 bits per heavy atom. The lowest BCUT2D eigenvalue weighted by Crippen LogP contribution is -2.45. The monoisotopic (exact) mass is 285 g/mol. The fourth-order valence-corrected chi connectivity index (χ4v) is 3.42. The van der Waals surface area contributed by atoms with Crippen molar-refractivity contribution in [2.75, 3.05) is 0 Å². The average Bonchev–Trinajstić information content (AvgIpc) is 2.79. The van der Waals surface area contributed by atoms with E-state index in [9.17, 15) is 14.4 Å². The third-order valence-corrected chi connectivity index (χ3v) is 4.63. The number of imide groups is 1. The van der Waals surface area contributed by atoms with Crippen molar-refractivity contribution in [1.82, 2.24) is 4.90 Å². The van der Waals surface area contributed by atoms with Gasteiger partial charge in [-0.25, -0.2) is 0 Å². The van der Waals surface area contributed by atoms with E-state index in [1.807, 2.05) is 0 Å². The molecule has 4 nitrogen and oxygen atoms in total. The Balaban J connectivity index is 1.83. The van der Waals surface area contributed by atoms with Crippen LogP contribution in [0.25, 0.3) is 0 Å². The van der Waals surface area contributed by atoms with E-state index in [0.29, 0.717) is 11.1 Å². The highest BCUT2D eigenvalue weighted by atomic mass is 16.2. The molecule has 0 N–H and O–H groups in total. The van der Waals surface area contributed by atoms with Gasteiger partial charge < -0.3 is 0 Å². The molecule has 2 aliphatic rings. The summed E-state index contributed by atoms with van der Waals surface area (Å²) in [4.78, 5) is 38.5. The van der Waals surface area contributed by atoms with Crippen LogP contribution in [0.2, 0.25) is 0 Å². The topological polar surface area (TPSA) is 54.5 Å². The zero-order chi connectivity index (χ0) is 15.0. The summed E-state index contributed by atoms with van der Waals surface area (Å²) < 4.78 is 0. The van der Waals surface area contributed by atoms with Crippen molar-refractivity contribution in [2.24, 2.45) is 5.92 Å². The first-order valence-electron chi connectivity index (χ1n) is 7.62. The van der Waals surface area contributed by atoms with Gasteiger partial charge in [0.05, 0.1) is 17.2 Å². The lowest BCUT2D eigenvalue weighted by atomic mass is 9.84. The Labute approximate surface area is 124 Å². The number of fused-ring (bicyclic) bond motifs is 1. The number of benzene rings is 1. The van der Waals surface area contributed by atoms with Gasteiger partial charge in [0.15, 0.2) is 5.78 Å². The number of carbonyl (C=O) groups is 3. The van der Waals surface area contributed by atoms with E-state index in [0.717, 1.165) is 30.6 Å². The molecular formula is C17H19NO3. The van der Waals surface area contributed by atoms with E-state index in [2.05, 4.69) is 0 Å². The SMILES string of the molecule is CC(C(=O)C1CCCCC1)N1C(=O)c2ccccc2C1=O. The van der Waals surface area contributed by atoms with Crippen LogP contribution >= 0.6 is 0 Å². The van der Waals surface area contributed by atoms with E-state index in [-0.39, 0.29) is 23.5 Å². The van der Waals surface area contributed by atoms with Crippen LogP contribution in [0.5, 0.6) is 0 Å². The van der Waals surface area contributed by atoms with E-state index < -0.39 is 6.04 Å². The van der Waals surface area contributed by atoms with Crippen LogP contribution in [0.1, 0.15) is 59.7 Å². The number of nitrogens with zero attached hydrogens (tertiary/aromatic N) is 1. The summed E-state index contributed by atoms with van der Waals surface area (Å²) in [5.74, 6) is -0.651. The van der Waals surface area contributed by atoms with Crippen molar-refractivity contribution < 1.29 is 14.4 Å². The largest absolute Gasteiger partial charge is 0.297 e. The quantitative estimate of drug-likeness (QED) is 0.802. The van der Waals surface area contributed by atoms with Gasteiger partial charge in [0.1, 0.15) is 0 Å². The lowest BCUT2D eigenvalue weighted by Gasteiger charge is -2.27. The highest BCUT2D eigenvalue weighted by molar-refractivity contribution is 6.22. The minimum atomic E-state index is -0.666. The molecule has 1 unspecified atom stereocenters. The third kappa shape index (κ3) is 2.28. The van der Waals surface area contributed by atoms with Crippen LogP contribution in [0.15, 0.2) is 24.3 Å². The molecule has 1 aromatic rings. The molecule has 2 amide bonds. The van der Waals surface area contributed by atoms with Crippen molar-refractivity contribution in [3.05, 3.63) is 35.4 Å². The molecule has 0 aromatic heterocycles. The van der Waals surface area contributed by atoms with Gasteiger partial charge in [-0.15, -0.1) is 0 Å². The summed E-state index contributed by atoms with van der Waals surface area (Å²) >= 11 is 0. The summed E-state index contributed by atoms with van der Waals surface area (Å²) in [5, 5.41) is 0. The van der Waals surface area contributed by atoms with Crippen molar-refractivity contribution in [3.8, 4) is 0 Å². The van der Waals surface area contributed by atoms with Crippen molar-refractivity contribution in [2.45, 2.75) is 45.1 Å². The van der Waals surface area contributed by atoms with E-state index in [1.165, 1.54) is 6.42 Å². The van der Waals surface area contributed by atoms with Gasteiger partial charge in [0.25, 0.3) is 11.8 Å². The Morgan fingerprint density at radius 2 is 1.57 bits per heavy atom. The minimum Gasteiger partial charge on any atom is -0.297 e. The van der Waals surface area contributed by atoms with Crippen LogP contribution < -0.4 is 0 Å². The van der Waals surface area contributed by atoms with E-state index >= 15 is 0 Å². The fourth-order valence-electron chi connectivity index (χ4n) is 3.42. The van der Waals surface area contributed by atoms with Gasteiger partial charge in [-0.1, -0.05) is 31.4 Å². The molecule has 1 aliphatic heterocycles. The molecule has 3 rings (SSSR count). The predicted octanol–water partition coefficient (Wildman–Crippen LogP) is 2.82. The Hall–Kier alpha value is -1.97. The Bertz CT molecular complexity index is 567. The molecule has 110 valence electrons. The van der Waals surface area contributed by atoms with Gasteiger partial charge in [0, 0.05) is 5.92 Å². The molecule has 0 bridgehead atoms. The van der Waals surface area contributed by atoms with E-state index in [4.69, 9.17) is 0 Å². The predicted molar refractivity (Wildman–Crippen MR) is 78.0 cm³/mol. The van der Waals surface area contributed by atoms with Crippen LogP contribution in [-0.4, -0.2) is 28.5 Å². The van der Waals surface area contributed by atoms with Crippen LogP contribution in [0, 0.1) is 5.92 Å². The zero-order valence-corrected chi connectivity index (χ0v) is 12.2. The van der Waals surface area contributed by atoms with Gasteiger partial charge in [-0.2, -0.15) is 0 Å². The maximum Gasteiger partial charge on any atom is 0.262 e. The molecule has 1 aromatic carbocycles. The van der Waals surface area contributed by atoms with E-state index in [1.54, 1.807) is 31.2 Å². The van der Waals surface area contributed by atoms with Gasteiger partial charge in [0.2, 0.25) is 0 Å². The second-order valence-corrected chi connectivity index (χ2v) is 5.94. The highest BCUT2D eigenvalue weighted by Gasteiger charge is 2.41. The summed E-state index contributed by atoms with van der Waals surface area (Å²) in [6.07, 6.45) is 5.06. The highest BCUT2D eigenvalue weighted by Crippen LogP contribution is 2.29. The molecule has 0 radical (unpaired) electrons. The van der Waals surface area contributed by atoms with Gasteiger partial charge in [-0.05, 0) is 31.9 Å². The maximum atomic E-state index is 12.6. The molecule has 4 heteroatoms. The molecular weight excluding hydrogens is 266 g/mol. The standard InChI is InChI=1S/C17H19NO3/c1-11(15(19)12-7-3-2-4-8-12)18-16(20)13-9-5-6-10-14(13)17(18)21/h5-6,9-12H,2-4,7-8H2,1H3. The second-order valence-electron chi connectivity index (χ2n) is 5.94. The number of Topliss-reactive ketones (excluding diaryl/α,β-unsaturated/α-hetero) is 1. The summed E-state index contributed by atoms with van der Waals surface area (Å²) in [6, 6.07) is 6.10. The number of rotatable bonds is 3. The smallest absolute Gasteiger partial charge is 0.262 e. The molecule has 0 saturated heterocycles. The fraction of sp³-hybridized carbons (Fsp3) is 0.471. The summed E-state index contributed by atoms with van der Waals surface area (Å²) in [7, 11) is 0. The Kier molecular flexibility index (Phi) is 3.62. The summed E-state index contributed by atoms with van der Waals surface area (Å²) in [6.45, 7) is 1.68. The zero-order valence-electron chi connectivity index (χ0n) is 12.2. The molecule has 1 saturated carbocycles. The molecule has 1 aliphatic carbocycles.